The molecule has 1 unspecified atom stereocenters. The SMILES string of the molecule is CC(C)C1(C(=O)O)CCN(CCOc2cccc(Br)c2)C1. The van der Waals surface area contributed by atoms with Crippen molar-refractivity contribution in [1.82, 2.24) is 4.90 Å². The highest BCUT2D eigenvalue weighted by Gasteiger charge is 2.46. The molecular formula is C16H22BrNO3. The average molecular weight is 356 g/mol. The molecule has 4 nitrogen and oxygen atoms in total. The number of aliphatic carboxylic acids is 1. The molecule has 0 radical (unpaired) electrons. The molecule has 0 saturated carbocycles. The van der Waals surface area contributed by atoms with E-state index in [1.54, 1.807) is 0 Å². The summed E-state index contributed by atoms with van der Waals surface area (Å²) in [5.74, 6) is 0.302. The van der Waals surface area contributed by atoms with E-state index in [0.717, 1.165) is 29.7 Å². The van der Waals surface area contributed by atoms with Crippen LogP contribution < -0.4 is 4.74 Å². The van der Waals surface area contributed by atoms with Gasteiger partial charge in [-0.1, -0.05) is 35.8 Å². The van der Waals surface area contributed by atoms with Gasteiger partial charge in [0.25, 0.3) is 0 Å². The largest absolute Gasteiger partial charge is 0.492 e. The van der Waals surface area contributed by atoms with Crippen molar-refractivity contribution in [2.75, 3.05) is 26.2 Å². The van der Waals surface area contributed by atoms with E-state index in [2.05, 4.69) is 20.8 Å². The minimum absolute atomic E-state index is 0.144. The van der Waals surface area contributed by atoms with Crippen LogP contribution in [0.2, 0.25) is 0 Å². The summed E-state index contributed by atoms with van der Waals surface area (Å²) in [6.07, 6.45) is 0.719. The zero-order chi connectivity index (χ0) is 15.5. The summed E-state index contributed by atoms with van der Waals surface area (Å²) in [6.45, 7) is 6.76. The number of carbonyl (C=O) groups is 1. The van der Waals surface area contributed by atoms with Crippen molar-refractivity contribution >= 4 is 21.9 Å². The molecular weight excluding hydrogens is 334 g/mol. The van der Waals surface area contributed by atoms with Crippen LogP contribution in [-0.2, 0) is 4.79 Å². The fraction of sp³-hybridized carbons (Fsp3) is 0.562. The molecule has 1 saturated heterocycles. The highest BCUT2D eigenvalue weighted by atomic mass is 79.9. The number of nitrogens with zero attached hydrogens (tertiary/aromatic N) is 1. The van der Waals surface area contributed by atoms with E-state index in [1.165, 1.54) is 0 Å². The molecule has 0 amide bonds. The van der Waals surface area contributed by atoms with Crippen LogP contribution in [0.1, 0.15) is 20.3 Å². The van der Waals surface area contributed by atoms with Gasteiger partial charge >= 0.3 is 5.97 Å². The first-order chi connectivity index (χ1) is 9.94. The number of benzene rings is 1. The molecule has 1 atom stereocenters. The Hall–Kier alpha value is -1.07. The van der Waals surface area contributed by atoms with E-state index in [-0.39, 0.29) is 5.92 Å². The topological polar surface area (TPSA) is 49.8 Å². The van der Waals surface area contributed by atoms with E-state index in [0.29, 0.717) is 13.2 Å². The Morgan fingerprint density at radius 1 is 1.52 bits per heavy atom. The number of halogens is 1. The molecule has 0 aromatic heterocycles. The molecule has 0 bridgehead atoms. The highest BCUT2D eigenvalue weighted by molar-refractivity contribution is 9.10. The van der Waals surface area contributed by atoms with Crippen molar-refractivity contribution in [2.24, 2.45) is 11.3 Å². The molecule has 0 spiro atoms. The highest BCUT2D eigenvalue weighted by Crippen LogP contribution is 2.37. The third-order valence-corrected chi connectivity index (χ3v) is 4.88. The van der Waals surface area contributed by atoms with Gasteiger partial charge in [-0.05, 0) is 37.1 Å². The molecule has 2 rings (SSSR count). The van der Waals surface area contributed by atoms with Crippen molar-refractivity contribution in [2.45, 2.75) is 20.3 Å². The van der Waals surface area contributed by atoms with Crippen LogP contribution in [0.4, 0.5) is 0 Å². The molecule has 1 aliphatic heterocycles. The Balaban J connectivity index is 1.84. The second kappa shape index (κ2) is 6.79. The summed E-state index contributed by atoms with van der Waals surface area (Å²) >= 11 is 3.41. The van der Waals surface area contributed by atoms with Gasteiger partial charge in [0.2, 0.25) is 0 Å². The fourth-order valence-electron chi connectivity index (χ4n) is 2.85. The maximum absolute atomic E-state index is 11.6. The van der Waals surface area contributed by atoms with Gasteiger partial charge in [0.05, 0.1) is 5.41 Å². The van der Waals surface area contributed by atoms with E-state index >= 15 is 0 Å². The first-order valence-electron chi connectivity index (χ1n) is 7.28. The molecule has 0 aliphatic carbocycles. The number of hydrogen-bond donors (Lipinski definition) is 1. The summed E-state index contributed by atoms with van der Waals surface area (Å²) in [6, 6.07) is 7.74. The number of carboxylic acids is 1. The van der Waals surface area contributed by atoms with E-state index in [9.17, 15) is 9.90 Å². The number of hydrogen-bond acceptors (Lipinski definition) is 3. The van der Waals surface area contributed by atoms with Gasteiger partial charge < -0.3 is 9.84 Å². The molecule has 1 N–H and O–H groups in total. The summed E-state index contributed by atoms with van der Waals surface area (Å²) in [5, 5.41) is 9.52. The van der Waals surface area contributed by atoms with Gasteiger partial charge in [0.1, 0.15) is 12.4 Å². The molecule has 1 aromatic carbocycles. The molecule has 1 aliphatic rings. The van der Waals surface area contributed by atoms with Gasteiger partial charge in [-0.2, -0.15) is 0 Å². The zero-order valence-corrected chi connectivity index (χ0v) is 14.1. The standard InChI is InChI=1S/C16H22BrNO3/c1-12(2)16(15(19)20)6-7-18(11-16)8-9-21-14-5-3-4-13(17)10-14/h3-5,10,12H,6-9,11H2,1-2H3,(H,19,20). The van der Waals surface area contributed by atoms with Gasteiger partial charge in [0, 0.05) is 17.6 Å². The molecule has 21 heavy (non-hydrogen) atoms. The van der Waals surface area contributed by atoms with Gasteiger partial charge in [-0.3, -0.25) is 9.69 Å². The maximum Gasteiger partial charge on any atom is 0.311 e. The van der Waals surface area contributed by atoms with Gasteiger partial charge in [-0.25, -0.2) is 0 Å². The lowest BCUT2D eigenvalue weighted by atomic mass is 9.76. The van der Waals surface area contributed by atoms with Crippen molar-refractivity contribution in [3.63, 3.8) is 0 Å². The predicted molar refractivity (Wildman–Crippen MR) is 85.6 cm³/mol. The van der Waals surface area contributed by atoms with E-state index < -0.39 is 11.4 Å². The lowest BCUT2D eigenvalue weighted by Crippen LogP contribution is -2.39. The Labute approximate surface area is 134 Å². The van der Waals surface area contributed by atoms with Crippen LogP contribution in [0.3, 0.4) is 0 Å². The Kier molecular flexibility index (Phi) is 5.27. The first kappa shape index (κ1) is 16.3. The normalized spacial score (nSPS) is 22.7. The van der Waals surface area contributed by atoms with Crippen molar-refractivity contribution in [3.8, 4) is 5.75 Å². The third kappa shape index (κ3) is 3.77. The van der Waals surface area contributed by atoms with Gasteiger partial charge in [0.15, 0.2) is 0 Å². The number of likely N-dealkylation sites (tertiary alicyclic amines) is 1. The quantitative estimate of drug-likeness (QED) is 0.850. The lowest BCUT2D eigenvalue weighted by molar-refractivity contribution is -0.151. The second-order valence-electron chi connectivity index (χ2n) is 5.95. The molecule has 5 heteroatoms. The minimum atomic E-state index is -0.673. The van der Waals surface area contributed by atoms with Crippen molar-refractivity contribution in [1.29, 1.82) is 0 Å². The van der Waals surface area contributed by atoms with E-state index in [1.807, 2.05) is 38.1 Å². The average Bonchev–Trinajstić information content (AvgIpc) is 2.84. The van der Waals surface area contributed by atoms with Crippen LogP contribution in [0, 0.1) is 11.3 Å². The monoisotopic (exact) mass is 355 g/mol. The number of ether oxygens (including phenoxy) is 1. The van der Waals surface area contributed by atoms with Crippen LogP contribution in [0.25, 0.3) is 0 Å². The molecule has 1 aromatic rings. The fourth-order valence-corrected chi connectivity index (χ4v) is 3.23. The minimum Gasteiger partial charge on any atom is -0.492 e. The predicted octanol–water partition coefficient (Wildman–Crippen LogP) is 3.26. The molecule has 1 heterocycles. The summed E-state index contributed by atoms with van der Waals surface area (Å²) in [4.78, 5) is 13.8. The van der Waals surface area contributed by atoms with Crippen LogP contribution in [-0.4, -0.2) is 42.2 Å². The first-order valence-corrected chi connectivity index (χ1v) is 8.07. The number of carboxylic acid groups (broad SMARTS) is 1. The summed E-state index contributed by atoms with van der Waals surface area (Å²) in [7, 11) is 0. The Bertz CT molecular complexity index is 506. The zero-order valence-electron chi connectivity index (χ0n) is 12.5. The molecule has 1 fully saturated rings. The maximum atomic E-state index is 11.6. The smallest absolute Gasteiger partial charge is 0.311 e. The van der Waals surface area contributed by atoms with E-state index in [4.69, 9.17) is 4.74 Å². The lowest BCUT2D eigenvalue weighted by Gasteiger charge is -2.28. The van der Waals surface area contributed by atoms with Crippen molar-refractivity contribution in [3.05, 3.63) is 28.7 Å². The summed E-state index contributed by atoms with van der Waals surface area (Å²) < 4.78 is 6.71. The summed E-state index contributed by atoms with van der Waals surface area (Å²) in [5.41, 5.74) is -0.601. The van der Waals surface area contributed by atoms with Crippen LogP contribution in [0.15, 0.2) is 28.7 Å². The van der Waals surface area contributed by atoms with Crippen LogP contribution >= 0.6 is 15.9 Å². The number of rotatable bonds is 6. The third-order valence-electron chi connectivity index (χ3n) is 4.38. The molecule has 116 valence electrons. The van der Waals surface area contributed by atoms with Crippen molar-refractivity contribution < 1.29 is 14.6 Å². The van der Waals surface area contributed by atoms with Gasteiger partial charge in [-0.15, -0.1) is 0 Å². The van der Waals surface area contributed by atoms with Crippen LogP contribution in [0.5, 0.6) is 5.75 Å². The Morgan fingerprint density at radius 2 is 2.29 bits per heavy atom. The second-order valence-corrected chi connectivity index (χ2v) is 6.86. The Morgan fingerprint density at radius 3 is 2.86 bits per heavy atom.